The molecule has 0 aliphatic heterocycles. The second-order valence-electron chi connectivity index (χ2n) is 2.66. The minimum Gasteiger partial charge on any atom is -0.481 e. The molecule has 0 bridgehead atoms. The summed E-state index contributed by atoms with van der Waals surface area (Å²) in [5.74, 6) is -1.60. The van der Waals surface area contributed by atoms with Gasteiger partial charge in [-0.3, -0.25) is 9.35 Å². The number of aliphatic hydroxyl groups excluding tert-OH is 1. The van der Waals surface area contributed by atoms with Gasteiger partial charge in [-0.1, -0.05) is 0 Å². The maximum atomic E-state index is 10.2. The van der Waals surface area contributed by atoms with Crippen LogP contribution >= 0.6 is 0 Å². The van der Waals surface area contributed by atoms with Gasteiger partial charge in [0.25, 0.3) is 10.1 Å². The molecule has 0 rings (SSSR count). The van der Waals surface area contributed by atoms with E-state index in [2.05, 4.69) is 0 Å². The molecular weight excluding hydrogens is 246 g/mol. The number of carboxylic acid groups (broad SMARTS) is 1. The fourth-order valence-electron chi connectivity index (χ4n) is 0.719. The van der Waals surface area contributed by atoms with E-state index in [-0.39, 0.29) is 78.4 Å². The quantitative estimate of drug-likeness (QED) is 0.404. The maximum Gasteiger partial charge on any atom is 0.303 e. The van der Waals surface area contributed by atoms with E-state index < -0.39 is 27.9 Å². The Morgan fingerprint density at radius 2 is 1.67 bits per heavy atom. The predicted molar refractivity (Wildman–Crippen MR) is 55.4 cm³/mol. The van der Waals surface area contributed by atoms with Crippen molar-refractivity contribution in [3.8, 4) is 0 Å². The van der Waals surface area contributed by atoms with Gasteiger partial charge >= 0.3 is 5.97 Å². The zero-order valence-electron chi connectivity index (χ0n) is 8.88. The minimum absolute atomic E-state index is 0. The van der Waals surface area contributed by atoms with Gasteiger partial charge in [0, 0.05) is 65.5 Å². The Hall–Kier alpha value is 1.34. The average Bonchev–Trinajstić information content (AvgIpc) is 1.95. The number of aliphatic hydroxyl groups is 1. The summed E-state index contributed by atoms with van der Waals surface area (Å²) in [7, 11) is -4.07. The molecule has 0 aliphatic carbocycles. The predicted octanol–water partition coefficient (Wildman–Crippen LogP) is -1.27. The zero-order valence-corrected chi connectivity index (χ0v) is 13.7. The van der Waals surface area contributed by atoms with E-state index >= 15 is 0 Å². The van der Waals surface area contributed by atoms with Gasteiger partial charge in [-0.15, -0.1) is 0 Å². The normalized spacial score (nSPS) is 12.1. The van der Waals surface area contributed by atoms with Gasteiger partial charge in [0.15, 0.2) is 0 Å². The molecule has 0 aliphatic rings. The summed E-state index contributed by atoms with van der Waals surface area (Å²) in [6.45, 7) is 0. The smallest absolute Gasteiger partial charge is 0.303 e. The van der Waals surface area contributed by atoms with Crippen LogP contribution in [0.3, 0.4) is 0 Å². The third-order valence-corrected chi connectivity index (χ3v) is 2.15. The molecule has 0 spiro atoms. The van der Waals surface area contributed by atoms with Gasteiger partial charge in [-0.2, -0.15) is 8.42 Å². The van der Waals surface area contributed by atoms with Gasteiger partial charge in [0.05, 0.1) is 11.9 Å². The van der Waals surface area contributed by atoms with E-state index in [0.717, 1.165) is 0 Å². The summed E-state index contributed by atoms with van der Waals surface area (Å²) in [4.78, 5) is 10.0. The Labute approximate surface area is 133 Å². The van der Waals surface area contributed by atoms with Crippen molar-refractivity contribution in [2.75, 3.05) is 5.75 Å². The monoisotopic (exact) mass is 258 g/mol. The second kappa shape index (κ2) is 10.5. The molecule has 0 aromatic carbocycles. The van der Waals surface area contributed by atoms with Crippen LogP contribution < -0.4 is 0 Å². The van der Waals surface area contributed by atoms with Gasteiger partial charge in [-0.05, 0) is 12.8 Å². The minimum atomic E-state index is -4.07. The molecule has 2 radical (unpaired) electrons. The summed E-state index contributed by atoms with van der Waals surface area (Å²) in [6.07, 6.45) is -1.37. The first-order valence-corrected chi connectivity index (χ1v) is 5.27. The summed E-state index contributed by atoms with van der Waals surface area (Å²) < 4.78 is 28.7. The molecule has 0 heterocycles. The van der Waals surface area contributed by atoms with Gasteiger partial charge in [-0.25, -0.2) is 0 Å². The SMILES string of the molecule is O=C(O)CCC(O)CCS(=O)(=O)O.[Na].[Na]. The summed E-state index contributed by atoms with van der Waals surface area (Å²) in [6, 6.07) is 0. The molecule has 80 valence electrons. The van der Waals surface area contributed by atoms with Crippen molar-refractivity contribution in [3.63, 3.8) is 0 Å². The third kappa shape index (κ3) is 17.9. The van der Waals surface area contributed by atoms with Crippen molar-refractivity contribution < 1.29 is 28.0 Å². The van der Waals surface area contributed by atoms with E-state index in [9.17, 15) is 13.2 Å². The molecule has 1 unspecified atom stereocenters. The first kappa shape index (κ1) is 21.6. The second-order valence-corrected chi connectivity index (χ2v) is 4.23. The van der Waals surface area contributed by atoms with Crippen molar-refractivity contribution in [1.29, 1.82) is 0 Å². The molecule has 0 saturated heterocycles. The first-order valence-electron chi connectivity index (χ1n) is 3.66. The summed E-state index contributed by atoms with van der Waals surface area (Å²) in [5, 5.41) is 17.2. The third-order valence-electron chi connectivity index (χ3n) is 1.40. The molecule has 1 atom stereocenters. The topological polar surface area (TPSA) is 112 Å². The van der Waals surface area contributed by atoms with Crippen molar-refractivity contribution >= 4 is 75.2 Å². The summed E-state index contributed by atoms with van der Waals surface area (Å²) >= 11 is 0. The molecule has 0 fully saturated rings. The number of hydrogen-bond donors (Lipinski definition) is 3. The molecule has 9 heteroatoms. The van der Waals surface area contributed by atoms with Crippen LogP contribution in [0.15, 0.2) is 0 Å². The Morgan fingerprint density at radius 1 is 1.20 bits per heavy atom. The number of carbonyl (C=O) groups is 1. The van der Waals surface area contributed by atoms with E-state index in [4.69, 9.17) is 14.8 Å². The molecule has 0 aromatic heterocycles. The molecule has 6 nitrogen and oxygen atoms in total. The van der Waals surface area contributed by atoms with E-state index in [1.54, 1.807) is 0 Å². The van der Waals surface area contributed by atoms with Crippen LogP contribution in [-0.4, -0.2) is 100 Å². The number of carboxylic acids is 1. The maximum absolute atomic E-state index is 10.2. The summed E-state index contributed by atoms with van der Waals surface area (Å²) in [5.41, 5.74) is 0. The van der Waals surface area contributed by atoms with Gasteiger partial charge < -0.3 is 10.2 Å². The largest absolute Gasteiger partial charge is 0.481 e. The molecule has 0 aromatic rings. The van der Waals surface area contributed by atoms with Crippen molar-refractivity contribution in [3.05, 3.63) is 0 Å². The van der Waals surface area contributed by atoms with Crippen molar-refractivity contribution in [2.45, 2.75) is 25.4 Å². The van der Waals surface area contributed by atoms with Crippen molar-refractivity contribution in [2.24, 2.45) is 0 Å². The molecule has 0 saturated carbocycles. The number of rotatable bonds is 6. The number of aliphatic carboxylic acids is 1. The van der Waals surface area contributed by atoms with Gasteiger partial charge in [0.2, 0.25) is 0 Å². The van der Waals surface area contributed by atoms with Gasteiger partial charge in [0.1, 0.15) is 0 Å². The van der Waals surface area contributed by atoms with E-state index in [1.807, 2.05) is 0 Å². The van der Waals surface area contributed by atoms with E-state index in [1.165, 1.54) is 0 Å². The van der Waals surface area contributed by atoms with Crippen LogP contribution in [0.4, 0.5) is 0 Å². The Kier molecular flexibility index (Phi) is 15.1. The molecule has 0 amide bonds. The van der Waals surface area contributed by atoms with Crippen molar-refractivity contribution in [1.82, 2.24) is 0 Å². The Bertz CT molecular complexity index is 265. The van der Waals surface area contributed by atoms with Crippen LogP contribution in [0.1, 0.15) is 19.3 Å². The van der Waals surface area contributed by atoms with Crippen LogP contribution in [0, 0.1) is 0 Å². The Morgan fingerprint density at radius 3 is 2.00 bits per heavy atom. The fourth-order valence-corrected chi connectivity index (χ4v) is 1.29. The van der Waals surface area contributed by atoms with Crippen LogP contribution in [0.25, 0.3) is 0 Å². The average molecular weight is 258 g/mol. The van der Waals surface area contributed by atoms with Crippen LogP contribution in [0.5, 0.6) is 0 Å². The number of hydrogen-bond acceptors (Lipinski definition) is 4. The van der Waals surface area contributed by atoms with Crippen LogP contribution in [-0.2, 0) is 14.9 Å². The Balaban J connectivity index is -0.000000720. The standard InChI is InChI=1S/C6H12O6S.2Na/c7-5(1-2-6(8)9)3-4-13(10,11)12;;/h5,7H,1-4H2,(H,8,9)(H,10,11,12);;. The molecule has 15 heavy (non-hydrogen) atoms. The van der Waals surface area contributed by atoms with E-state index in [0.29, 0.717) is 0 Å². The first-order chi connectivity index (χ1) is 5.81. The molecule has 3 N–H and O–H groups in total. The fraction of sp³-hybridized carbons (Fsp3) is 0.833. The zero-order chi connectivity index (χ0) is 10.5. The van der Waals surface area contributed by atoms with Crippen LogP contribution in [0.2, 0.25) is 0 Å². The molecular formula is C6H12Na2O6S.